The molecule has 0 bridgehead atoms. The summed E-state index contributed by atoms with van der Waals surface area (Å²) in [7, 11) is 0. The summed E-state index contributed by atoms with van der Waals surface area (Å²) in [6.07, 6.45) is 2.22. The number of hydrogen-bond acceptors (Lipinski definition) is 4. The number of benzene rings is 1. The monoisotopic (exact) mass is 281 g/mol. The van der Waals surface area contributed by atoms with Crippen molar-refractivity contribution in [3.8, 4) is 11.3 Å². The first kappa shape index (κ1) is 13.7. The van der Waals surface area contributed by atoms with Gasteiger partial charge in [0, 0.05) is 31.1 Å². The van der Waals surface area contributed by atoms with Gasteiger partial charge in [-0.1, -0.05) is 36.8 Å². The van der Waals surface area contributed by atoms with E-state index >= 15 is 0 Å². The standard InChI is InChI=1S/C17H19N3O/c1-3-16(21)14-9-20(10-14)17-8-15(18-11-19-17)13-6-4-12(2)5-7-13/h4-8,11,14H,3,9-10H2,1-2H3. The molecule has 21 heavy (non-hydrogen) atoms. The molecule has 0 amide bonds. The Morgan fingerprint density at radius 2 is 1.95 bits per heavy atom. The first-order chi connectivity index (χ1) is 10.2. The number of carbonyl (C=O) groups is 1. The summed E-state index contributed by atoms with van der Waals surface area (Å²) >= 11 is 0. The summed E-state index contributed by atoms with van der Waals surface area (Å²) in [5, 5.41) is 0. The van der Waals surface area contributed by atoms with E-state index in [2.05, 4.69) is 46.1 Å². The number of hydrogen-bond donors (Lipinski definition) is 0. The van der Waals surface area contributed by atoms with Crippen molar-refractivity contribution in [2.45, 2.75) is 20.3 Å². The highest BCUT2D eigenvalue weighted by molar-refractivity contribution is 5.83. The number of aryl methyl sites for hydroxylation is 1. The predicted molar refractivity (Wildman–Crippen MR) is 83.2 cm³/mol. The van der Waals surface area contributed by atoms with E-state index in [9.17, 15) is 4.79 Å². The van der Waals surface area contributed by atoms with Crippen molar-refractivity contribution >= 4 is 11.6 Å². The third kappa shape index (κ3) is 2.79. The largest absolute Gasteiger partial charge is 0.355 e. The molecule has 1 aliphatic rings. The van der Waals surface area contributed by atoms with Gasteiger partial charge in [0.25, 0.3) is 0 Å². The van der Waals surface area contributed by atoms with Crippen LogP contribution in [-0.2, 0) is 4.79 Å². The van der Waals surface area contributed by atoms with E-state index < -0.39 is 0 Å². The normalized spacial score (nSPS) is 14.9. The van der Waals surface area contributed by atoms with Crippen molar-refractivity contribution in [1.82, 2.24) is 9.97 Å². The fraction of sp³-hybridized carbons (Fsp3) is 0.353. The molecule has 2 heterocycles. The van der Waals surface area contributed by atoms with Crippen LogP contribution in [-0.4, -0.2) is 28.8 Å². The van der Waals surface area contributed by atoms with E-state index in [1.54, 1.807) is 6.33 Å². The quantitative estimate of drug-likeness (QED) is 0.864. The third-order valence-corrected chi connectivity index (χ3v) is 4.01. The number of aromatic nitrogens is 2. The van der Waals surface area contributed by atoms with Crippen LogP contribution in [0.15, 0.2) is 36.7 Å². The van der Waals surface area contributed by atoms with Gasteiger partial charge in [0.05, 0.1) is 11.6 Å². The van der Waals surface area contributed by atoms with Gasteiger partial charge in [0.1, 0.15) is 17.9 Å². The minimum atomic E-state index is 0.174. The molecular weight excluding hydrogens is 262 g/mol. The van der Waals surface area contributed by atoms with Crippen LogP contribution in [0.1, 0.15) is 18.9 Å². The number of nitrogens with zero attached hydrogens (tertiary/aromatic N) is 3. The van der Waals surface area contributed by atoms with Gasteiger partial charge in [-0.05, 0) is 6.92 Å². The Kier molecular flexibility index (Phi) is 3.69. The maximum absolute atomic E-state index is 11.6. The first-order valence-corrected chi connectivity index (χ1v) is 7.34. The molecule has 4 nitrogen and oxygen atoms in total. The van der Waals surface area contributed by atoms with Crippen molar-refractivity contribution in [3.63, 3.8) is 0 Å². The molecule has 0 saturated carbocycles. The fourth-order valence-electron chi connectivity index (χ4n) is 2.56. The number of Topliss-reactive ketones (excluding diaryl/α,β-unsaturated/α-hetero) is 1. The van der Waals surface area contributed by atoms with Gasteiger partial charge in [-0.3, -0.25) is 4.79 Å². The lowest BCUT2D eigenvalue weighted by molar-refractivity contribution is -0.123. The smallest absolute Gasteiger partial charge is 0.139 e. The number of anilines is 1. The zero-order valence-electron chi connectivity index (χ0n) is 12.4. The molecule has 3 rings (SSSR count). The van der Waals surface area contributed by atoms with Crippen molar-refractivity contribution in [2.24, 2.45) is 5.92 Å². The molecule has 1 fully saturated rings. The van der Waals surface area contributed by atoms with Crippen LogP contribution in [0.3, 0.4) is 0 Å². The highest BCUT2D eigenvalue weighted by Crippen LogP contribution is 2.27. The second-order valence-electron chi connectivity index (χ2n) is 5.55. The first-order valence-electron chi connectivity index (χ1n) is 7.34. The zero-order chi connectivity index (χ0) is 14.8. The molecule has 1 aromatic heterocycles. The summed E-state index contributed by atoms with van der Waals surface area (Å²) in [6, 6.07) is 10.3. The average Bonchev–Trinajstić information content (AvgIpc) is 2.46. The van der Waals surface area contributed by atoms with Crippen LogP contribution in [0.5, 0.6) is 0 Å². The molecule has 0 atom stereocenters. The molecule has 0 radical (unpaired) electrons. The molecule has 0 spiro atoms. The lowest BCUT2D eigenvalue weighted by atomic mass is 9.93. The van der Waals surface area contributed by atoms with Gasteiger partial charge in [-0.2, -0.15) is 0 Å². The Bertz CT molecular complexity index is 645. The van der Waals surface area contributed by atoms with E-state index in [-0.39, 0.29) is 5.92 Å². The Hall–Kier alpha value is -2.23. The van der Waals surface area contributed by atoms with Crippen LogP contribution in [0.4, 0.5) is 5.82 Å². The summed E-state index contributed by atoms with van der Waals surface area (Å²) in [5.74, 6) is 1.42. The van der Waals surface area contributed by atoms with E-state index in [0.29, 0.717) is 12.2 Å². The molecule has 0 unspecified atom stereocenters. The molecule has 2 aromatic rings. The maximum atomic E-state index is 11.6. The van der Waals surface area contributed by atoms with Gasteiger partial charge in [0.15, 0.2) is 0 Å². The molecule has 0 N–H and O–H groups in total. The van der Waals surface area contributed by atoms with Gasteiger partial charge in [-0.15, -0.1) is 0 Å². The molecule has 0 aliphatic carbocycles. The summed E-state index contributed by atoms with van der Waals surface area (Å²) in [6.45, 7) is 5.54. The third-order valence-electron chi connectivity index (χ3n) is 4.01. The van der Waals surface area contributed by atoms with Crippen molar-refractivity contribution in [1.29, 1.82) is 0 Å². The predicted octanol–water partition coefficient (Wildman–Crippen LogP) is 2.87. The average molecular weight is 281 g/mol. The van der Waals surface area contributed by atoms with E-state index in [4.69, 9.17) is 0 Å². The van der Waals surface area contributed by atoms with Crippen molar-refractivity contribution in [2.75, 3.05) is 18.0 Å². The molecular formula is C17H19N3O. The lowest BCUT2D eigenvalue weighted by Gasteiger charge is -2.39. The number of carbonyl (C=O) groups excluding carboxylic acids is 1. The number of ketones is 1. The minimum absolute atomic E-state index is 0.174. The Morgan fingerprint density at radius 1 is 1.24 bits per heavy atom. The van der Waals surface area contributed by atoms with Gasteiger partial charge >= 0.3 is 0 Å². The van der Waals surface area contributed by atoms with Crippen LogP contribution in [0.2, 0.25) is 0 Å². The second kappa shape index (κ2) is 5.64. The van der Waals surface area contributed by atoms with E-state index in [1.165, 1.54) is 5.56 Å². The number of rotatable bonds is 4. The molecule has 1 aliphatic heterocycles. The van der Waals surface area contributed by atoms with Crippen LogP contribution in [0, 0.1) is 12.8 Å². The highest BCUT2D eigenvalue weighted by Gasteiger charge is 2.32. The minimum Gasteiger partial charge on any atom is -0.355 e. The topological polar surface area (TPSA) is 46.1 Å². The van der Waals surface area contributed by atoms with Crippen molar-refractivity contribution in [3.05, 3.63) is 42.2 Å². The summed E-state index contributed by atoms with van der Waals surface area (Å²) in [4.78, 5) is 22.4. The fourth-order valence-corrected chi connectivity index (χ4v) is 2.56. The van der Waals surface area contributed by atoms with Crippen molar-refractivity contribution < 1.29 is 4.79 Å². The molecule has 4 heteroatoms. The van der Waals surface area contributed by atoms with Gasteiger partial charge < -0.3 is 4.90 Å². The maximum Gasteiger partial charge on any atom is 0.139 e. The van der Waals surface area contributed by atoms with Crippen LogP contribution in [0.25, 0.3) is 11.3 Å². The Morgan fingerprint density at radius 3 is 2.62 bits per heavy atom. The van der Waals surface area contributed by atoms with Crippen LogP contribution >= 0.6 is 0 Å². The lowest BCUT2D eigenvalue weighted by Crippen LogP contribution is -2.50. The van der Waals surface area contributed by atoms with E-state index in [0.717, 1.165) is 30.2 Å². The molecule has 108 valence electrons. The summed E-state index contributed by atoms with van der Waals surface area (Å²) < 4.78 is 0. The van der Waals surface area contributed by atoms with E-state index in [1.807, 2.05) is 13.0 Å². The van der Waals surface area contributed by atoms with Crippen LogP contribution < -0.4 is 4.90 Å². The summed E-state index contributed by atoms with van der Waals surface area (Å²) in [5.41, 5.74) is 3.24. The molecule has 1 saturated heterocycles. The second-order valence-corrected chi connectivity index (χ2v) is 5.55. The van der Waals surface area contributed by atoms with Gasteiger partial charge in [0.2, 0.25) is 0 Å². The highest BCUT2D eigenvalue weighted by atomic mass is 16.1. The SMILES string of the molecule is CCC(=O)C1CN(c2cc(-c3ccc(C)cc3)ncn2)C1. The zero-order valence-corrected chi connectivity index (χ0v) is 12.4. The van der Waals surface area contributed by atoms with Gasteiger partial charge in [-0.25, -0.2) is 9.97 Å². The Labute approximate surface area is 124 Å². The molecule has 1 aromatic carbocycles. The Balaban J connectivity index is 1.76.